The molecule has 0 bridgehead atoms. The first-order valence-electron chi connectivity index (χ1n) is 3.24. The van der Waals surface area contributed by atoms with Crippen molar-refractivity contribution in [2.24, 2.45) is 0 Å². The van der Waals surface area contributed by atoms with E-state index >= 15 is 0 Å². The van der Waals surface area contributed by atoms with Gasteiger partial charge < -0.3 is 9.26 Å². The summed E-state index contributed by atoms with van der Waals surface area (Å²) in [4.78, 5) is 10.8. The molecule has 0 saturated carbocycles. The van der Waals surface area contributed by atoms with Crippen molar-refractivity contribution in [1.29, 1.82) is 0 Å². The van der Waals surface area contributed by atoms with E-state index in [-0.39, 0.29) is 6.10 Å². The summed E-state index contributed by atoms with van der Waals surface area (Å²) in [5.74, 6) is 0. The maximum Gasteiger partial charge on any atom is 0.390 e. The molecule has 0 radical (unpaired) electrons. The largest absolute Gasteiger partial charge is 0.462 e. The first kappa shape index (κ1) is 10.7. The zero-order valence-corrected chi connectivity index (χ0v) is 8.05. The predicted octanol–water partition coefficient (Wildman–Crippen LogP) is 2.09. The van der Waals surface area contributed by atoms with Crippen LogP contribution >= 0.6 is 7.37 Å². The van der Waals surface area contributed by atoms with Gasteiger partial charge in [0.15, 0.2) is 0 Å². The molecule has 0 rings (SSSR count). The molecule has 0 heterocycles. The second-order valence-corrected chi connectivity index (χ2v) is 4.74. The molecule has 0 aromatic carbocycles. The molecule has 0 spiro atoms. The zero-order valence-electron chi connectivity index (χ0n) is 7.16. The van der Waals surface area contributed by atoms with Crippen LogP contribution in [0.25, 0.3) is 0 Å². The molecule has 0 aliphatic carbocycles. The molecular weight excluding hydrogens is 167 g/mol. The monoisotopic (exact) mass is 180 g/mol. The lowest BCUT2D eigenvalue weighted by molar-refractivity contribution is 0.182. The molecule has 4 nitrogen and oxygen atoms in total. The van der Waals surface area contributed by atoms with Crippen molar-refractivity contribution in [2.45, 2.75) is 20.0 Å². The van der Waals surface area contributed by atoms with Crippen LogP contribution in [0.1, 0.15) is 13.8 Å². The molecule has 0 saturated heterocycles. The number of methoxy groups -OCH3 is 1. The highest BCUT2D eigenvalue weighted by Crippen LogP contribution is 2.45. The molecule has 5 heteroatoms. The van der Waals surface area contributed by atoms with Crippen LogP contribution in [-0.4, -0.2) is 25.6 Å². The summed E-state index contributed by atoms with van der Waals surface area (Å²) in [6.45, 7) is 4.66. The standard InChI is InChI=1S/C6H13O4P/c1-5(2)10-11(4,8)6(7)9-3/h5H,1-4H3/t11-/m1/s1. The molecular formula is C6H13O4P. The Morgan fingerprint density at radius 3 is 2.18 bits per heavy atom. The van der Waals surface area contributed by atoms with Crippen LogP contribution in [0.15, 0.2) is 0 Å². The van der Waals surface area contributed by atoms with Crippen molar-refractivity contribution in [1.82, 2.24) is 0 Å². The van der Waals surface area contributed by atoms with Gasteiger partial charge in [0.25, 0.3) is 0 Å². The Labute approximate surface area is 66.3 Å². The third-order valence-electron chi connectivity index (χ3n) is 0.918. The van der Waals surface area contributed by atoms with Crippen LogP contribution in [-0.2, 0) is 13.8 Å². The van der Waals surface area contributed by atoms with Crippen LogP contribution in [0.3, 0.4) is 0 Å². The van der Waals surface area contributed by atoms with Crippen molar-refractivity contribution in [3.63, 3.8) is 0 Å². The number of ether oxygens (including phenoxy) is 1. The van der Waals surface area contributed by atoms with E-state index in [0.29, 0.717) is 0 Å². The zero-order chi connectivity index (χ0) is 9.07. The van der Waals surface area contributed by atoms with Gasteiger partial charge in [0.1, 0.15) is 0 Å². The Morgan fingerprint density at radius 2 is 1.91 bits per heavy atom. The summed E-state index contributed by atoms with van der Waals surface area (Å²) >= 11 is 0. The Morgan fingerprint density at radius 1 is 1.45 bits per heavy atom. The van der Waals surface area contributed by atoms with Crippen molar-refractivity contribution in [2.75, 3.05) is 13.8 Å². The lowest BCUT2D eigenvalue weighted by Crippen LogP contribution is -2.07. The molecule has 0 aliphatic rings. The van der Waals surface area contributed by atoms with Gasteiger partial charge in [0.05, 0.1) is 13.2 Å². The summed E-state index contributed by atoms with van der Waals surface area (Å²) < 4.78 is 20.4. The number of hydrogen-bond donors (Lipinski definition) is 0. The van der Waals surface area contributed by atoms with E-state index in [4.69, 9.17) is 4.52 Å². The molecule has 0 fully saturated rings. The second-order valence-electron chi connectivity index (χ2n) is 2.47. The average Bonchev–Trinajstić information content (AvgIpc) is 1.83. The van der Waals surface area contributed by atoms with Crippen molar-refractivity contribution < 1.29 is 18.6 Å². The maximum absolute atomic E-state index is 11.3. The predicted molar refractivity (Wildman–Crippen MR) is 42.2 cm³/mol. The molecule has 0 aromatic rings. The molecule has 0 aliphatic heterocycles. The molecule has 1 atom stereocenters. The Hall–Kier alpha value is -0.340. The highest BCUT2D eigenvalue weighted by Gasteiger charge is 2.28. The van der Waals surface area contributed by atoms with Crippen LogP contribution in [0.2, 0.25) is 0 Å². The highest BCUT2D eigenvalue weighted by atomic mass is 31.2. The fourth-order valence-corrected chi connectivity index (χ4v) is 1.83. The van der Waals surface area contributed by atoms with E-state index in [1.807, 2.05) is 0 Å². The van der Waals surface area contributed by atoms with Gasteiger partial charge in [0, 0.05) is 6.66 Å². The van der Waals surface area contributed by atoms with Crippen LogP contribution in [0.5, 0.6) is 0 Å². The Bertz CT molecular complexity index is 187. The van der Waals surface area contributed by atoms with Gasteiger partial charge in [-0.05, 0) is 13.8 Å². The van der Waals surface area contributed by atoms with Crippen LogP contribution < -0.4 is 0 Å². The minimum Gasteiger partial charge on any atom is -0.462 e. The first-order valence-corrected chi connectivity index (χ1v) is 5.31. The molecule has 0 amide bonds. The van der Waals surface area contributed by atoms with Crippen molar-refractivity contribution in [3.05, 3.63) is 0 Å². The number of carbonyl (C=O) groups excluding carboxylic acids is 1. The van der Waals surface area contributed by atoms with Gasteiger partial charge >= 0.3 is 13.1 Å². The quantitative estimate of drug-likeness (QED) is 0.624. The van der Waals surface area contributed by atoms with E-state index in [9.17, 15) is 9.36 Å². The molecule has 66 valence electrons. The molecule has 11 heavy (non-hydrogen) atoms. The van der Waals surface area contributed by atoms with E-state index in [1.165, 1.54) is 13.8 Å². The van der Waals surface area contributed by atoms with Gasteiger partial charge in [0.2, 0.25) is 0 Å². The first-order chi connectivity index (χ1) is 4.90. The lowest BCUT2D eigenvalue weighted by atomic mass is 10.5. The SMILES string of the molecule is COC(=O)[P@](C)(=O)OC(C)C. The summed E-state index contributed by atoms with van der Waals surface area (Å²) in [6.07, 6.45) is -0.232. The van der Waals surface area contributed by atoms with E-state index in [1.54, 1.807) is 13.8 Å². The minimum atomic E-state index is -3.20. The average molecular weight is 180 g/mol. The van der Waals surface area contributed by atoms with Gasteiger partial charge in [-0.2, -0.15) is 0 Å². The van der Waals surface area contributed by atoms with E-state index in [2.05, 4.69) is 4.74 Å². The Balaban J connectivity index is 4.23. The topological polar surface area (TPSA) is 52.6 Å². The van der Waals surface area contributed by atoms with E-state index in [0.717, 1.165) is 0 Å². The van der Waals surface area contributed by atoms with E-state index < -0.39 is 13.1 Å². The number of rotatable bonds is 3. The maximum atomic E-state index is 11.3. The lowest BCUT2D eigenvalue weighted by Gasteiger charge is -2.13. The van der Waals surface area contributed by atoms with Gasteiger partial charge in [-0.25, -0.2) is 4.79 Å². The summed E-state index contributed by atoms with van der Waals surface area (Å²) in [5, 5.41) is 0. The van der Waals surface area contributed by atoms with Gasteiger partial charge in [-0.15, -0.1) is 0 Å². The van der Waals surface area contributed by atoms with Crippen molar-refractivity contribution in [3.8, 4) is 0 Å². The van der Waals surface area contributed by atoms with Crippen molar-refractivity contribution >= 4 is 13.1 Å². The third-order valence-corrected chi connectivity index (χ3v) is 2.59. The molecule has 0 aromatic heterocycles. The Kier molecular flexibility index (Phi) is 3.76. The highest BCUT2D eigenvalue weighted by molar-refractivity contribution is 7.74. The fourth-order valence-electron chi connectivity index (χ4n) is 0.611. The summed E-state index contributed by atoms with van der Waals surface area (Å²) in [7, 11) is -2.02. The summed E-state index contributed by atoms with van der Waals surface area (Å²) in [5.41, 5.74) is -0.786. The number of carbonyl (C=O) groups is 1. The van der Waals surface area contributed by atoms with Crippen LogP contribution in [0, 0.1) is 0 Å². The van der Waals surface area contributed by atoms with Crippen LogP contribution in [0.4, 0.5) is 4.79 Å². The summed E-state index contributed by atoms with van der Waals surface area (Å²) in [6, 6.07) is 0. The fraction of sp³-hybridized carbons (Fsp3) is 0.833. The minimum absolute atomic E-state index is 0.232. The van der Waals surface area contributed by atoms with Gasteiger partial charge in [-0.1, -0.05) is 0 Å². The number of hydrogen-bond acceptors (Lipinski definition) is 4. The normalized spacial score (nSPS) is 16.1. The van der Waals surface area contributed by atoms with Gasteiger partial charge in [-0.3, -0.25) is 4.57 Å². The second kappa shape index (κ2) is 3.88. The molecule has 0 N–H and O–H groups in total. The smallest absolute Gasteiger partial charge is 0.390 e. The molecule has 0 unspecified atom stereocenters. The third kappa shape index (κ3) is 3.54.